The lowest BCUT2D eigenvalue weighted by atomic mass is 10.1. The van der Waals surface area contributed by atoms with Gasteiger partial charge < -0.3 is 14.1 Å². The van der Waals surface area contributed by atoms with Crippen molar-refractivity contribution in [3.05, 3.63) is 89.1 Å². The maximum atomic E-state index is 13.6. The minimum absolute atomic E-state index is 0.0237. The second kappa shape index (κ2) is 8.43. The van der Waals surface area contributed by atoms with Gasteiger partial charge in [0, 0.05) is 12.6 Å². The van der Waals surface area contributed by atoms with Crippen molar-refractivity contribution in [2.24, 2.45) is 0 Å². The summed E-state index contributed by atoms with van der Waals surface area (Å²) in [5, 5.41) is 0. The number of nitrogens with zero attached hydrogens (tertiary/aromatic N) is 2. The first-order valence-corrected chi connectivity index (χ1v) is 9.61. The Morgan fingerprint density at radius 3 is 2.58 bits per heavy atom. The third-order valence-corrected chi connectivity index (χ3v) is 4.98. The monoisotopic (exact) mass is 422 g/mol. The van der Waals surface area contributed by atoms with E-state index < -0.39 is 17.6 Å². The van der Waals surface area contributed by atoms with Gasteiger partial charge >= 0.3 is 0 Å². The van der Waals surface area contributed by atoms with Crippen LogP contribution in [0.3, 0.4) is 0 Å². The molecular weight excluding hydrogens is 403 g/mol. The zero-order chi connectivity index (χ0) is 22.0. The summed E-state index contributed by atoms with van der Waals surface area (Å²) in [6.07, 6.45) is 1.47. The number of furan rings is 1. The maximum absolute atomic E-state index is 13.6. The van der Waals surface area contributed by atoms with Crippen LogP contribution in [0.4, 0.5) is 4.39 Å². The van der Waals surface area contributed by atoms with Gasteiger partial charge in [-0.05, 0) is 42.5 Å². The van der Waals surface area contributed by atoms with Gasteiger partial charge in [-0.1, -0.05) is 12.1 Å². The molecule has 8 heteroatoms. The Balaban J connectivity index is 1.42. The van der Waals surface area contributed by atoms with Crippen LogP contribution in [0.5, 0.6) is 5.75 Å². The third-order valence-electron chi connectivity index (χ3n) is 4.98. The molecule has 2 heterocycles. The number of rotatable bonds is 7. The SMILES string of the molecule is CN(CCOc1ccccc1F)C(=O)c1ccc2c(c1)C(=O)N(Cc1ccco1)C2=O. The summed E-state index contributed by atoms with van der Waals surface area (Å²) < 4.78 is 24.2. The first kappa shape index (κ1) is 20.3. The summed E-state index contributed by atoms with van der Waals surface area (Å²) in [5.74, 6) is -1.12. The number of hydrogen-bond donors (Lipinski definition) is 0. The van der Waals surface area contributed by atoms with E-state index in [1.165, 1.54) is 41.5 Å². The summed E-state index contributed by atoms with van der Waals surface area (Å²) in [7, 11) is 1.58. The van der Waals surface area contributed by atoms with Crippen molar-refractivity contribution >= 4 is 17.7 Å². The lowest BCUT2D eigenvalue weighted by Crippen LogP contribution is -2.31. The number of benzene rings is 2. The molecule has 0 unspecified atom stereocenters. The standard InChI is InChI=1S/C23H19FN2O5/c1-25(10-12-31-20-7-3-2-6-19(20)24)21(27)15-8-9-17-18(13-15)23(29)26(22(17)28)14-16-5-4-11-30-16/h2-9,11,13H,10,12,14H2,1H3. The van der Waals surface area contributed by atoms with E-state index in [0.717, 1.165) is 4.90 Å². The molecule has 0 spiro atoms. The lowest BCUT2D eigenvalue weighted by Gasteiger charge is -2.18. The fraction of sp³-hybridized carbons (Fsp3) is 0.174. The van der Waals surface area contributed by atoms with Crippen LogP contribution < -0.4 is 4.74 Å². The molecular formula is C23H19FN2O5. The van der Waals surface area contributed by atoms with E-state index in [4.69, 9.17) is 9.15 Å². The van der Waals surface area contributed by atoms with Gasteiger partial charge in [0.15, 0.2) is 11.6 Å². The van der Waals surface area contributed by atoms with Crippen LogP contribution in [0.15, 0.2) is 65.3 Å². The number of carbonyl (C=O) groups is 3. The fourth-order valence-electron chi connectivity index (χ4n) is 3.30. The van der Waals surface area contributed by atoms with Crippen LogP contribution in [0.25, 0.3) is 0 Å². The van der Waals surface area contributed by atoms with Crippen molar-refractivity contribution in [1.29, 1.82) is 0 Å². The van der Waals surface area contributed by atoms with Crippen LogP contribution >= 0.6 is 0 Å². The molecule has 0 saturated carbocycles. The number of ether oxygens (including phenoxy) is 1. The van der Waals surface area contributed by atoms with E-state index in [9.17, 15) is 18.8 Å². The molecule has 0 aliphatic carbocycles. The van der Waals surface area contributed by atoms with Gasteiger partial charge in [0.05, 0.1) is 30.5 Å². The van der Waals surface area contributed by atoms with E-state index >= 15 is 0 Å². The number of fused-ring (bicyclic) bond motifs is 1. The van der Waals surface area contributed by atoms with E-state index in [-0.39, 0.29) is 48.0 Å². The molecule has 158 valence electrons. The van der Waals surface area contributed by atoms with E-state index in [1.54, 1.807) is 31.3 Å². The third kappa shape index (κ3) is 4.05. The quantitative estimate of drug-likeness (QED) is 0.546. The van der Waals surface area contributed by atoms with Crippen molar-refractivity contribution in [3.8, 4) is 5.75 Å². The van der Waals surface area contributed by atoms with Crippen molar-refractivity contribution in [3.63, 3.8) is 0 Å². The first-order chi connectivity index (χ1) is 15.0. The molecule has 3 aromatic rings. The summed E-state index contributed by atoms with van der Waals surface area (Å²) in [5.41, 5.74) is 0.699. The van der Waals surface area contributed by atoms with Crippen LogP contribution in [0.1, 0.15) is 36.8 Å². The average Bonchev–Trinajstić information content (AvgIpc) is 3.37. The van der Waals surface area contributed by atoms with Gasteiger partial charge in [0.1, 0.15) is 12.4 Å². The van der Waals surface area contributed by atoms with Gasteiger partial charge in [-0.25, -0.2) is 4.39 Å². The molecule has 0 N–H and O–H groups in total. The van der Waals surface area contributed by atoms with Crippen molar-refractivity contribution < 1.29 is 27.9 Å². The molecule has 0 radical (unpaired) electrons. The van der Waals surface area contributed by atoms with Gasteiger partial charge in [-0.15, -0.1) is 0 Å². The van der Waals surface area contributed by atoms with Crippen molar-refractivity contribution in [1.82, 2.24) is 9.80 Å². The Labute approximate surface area is 177 Å². The van der Waals surface area contributed by atoms with Crippen molar-refractivity contribution in [2.45, 2.75) is 6.54 Å². The van der Waals surface area contributed by atoms with Crippen LogP contribution in [0.2, 0.25) is 0 Å². The Morgan fingerprint density at radius 2 is 1.84 bits per heavy atom. The van der Waals surface area contributed by atoms with Crippen LogP contribution in [0, 0.1) is 5.82 Å². The van der Waals surface area contributed by atoms with Crippen molar-refractivity contribution in [2.75, 3.05) is 20.2 Å². The van der Waals surface area contributed by atoms with Crippen LogP contribution in [-0.2, 0) is 6.54 Å². The fourth-order valence-corrected chi connectivity index (χ4v) is 3.30. The molecule has 1 aliphatic rings. The van der Waals surface area contributed by atoms with Gasteiger partial charge in [-0.3, -0.25) is 19.3 Å². The molecule has 1 aliphatic heterocycles. The highest BCUT2D eigenvalue weighted by molar-refractivity contribution is 6.22. The number of halogens is 1. The molecule has 0 bridgehead atoms. The van der Waals surface area contributed by atoms with Crippen LogP contribution in [-0.4, -0.2) is 47.7 Å². The number of para-hydroxylation sites is 1. The predicted molar refractivity (Wildman–Crippen MR) is 108 cm³/mol. The molecule has 31 heavy (non-hydrogen) atoms. The largest absolute Gasteiger partial charge is 0.489 e. The smallest absolute Gasteiger partial charge is 0.261 e. The number of hydrogen-bond acceptors (Lipinski definition) is 5. The van der Waals surface area contributed by atoms with Gasteiger partial charge in [0.2, 0.25) is 0 Å². The summed E-state index contributed by atoms with van der Waals surface area (Å²) >= 11 is 0. The second-order valence-corrected chi connectivity index (χ2v) is 7.04. The number of likely N-dealkylation sites (N-methyl/N-ethyl adjacent to an activating group) is 1. The molecule has 7 nitrogen and oxygen atoms in total. The van der Waals surface area contributed by atoms with Gasteiger partial charge in [-0.2, -0.15) is 0 Å². The second-order valence-electron chi connectivity index (χ2n) is 7.04. The Morgan fingerprint density at radius 1 is 1.06 bits per heavy atom. The highest BCUT2D eigenvalue weighted by Crippen LogP contribution is 2.26. The molecule has 3 amide bonds. The molecule has 0 saturated heterocycles. The minimum Gasteiger partial charge on any atom is -0.489 e. The number of amides is 3. The molecule has 4 rings (SSSR count). The molecule has 1 aromatic heterocycles. The summed E-state index contributed by atoms with van der Waals surface area (Å²) in [6, 6.07) is 13.8. The van der Waals surface area contributed by atoms with E-state index in [1.807, 2.05) is 0 Å². The Bertz CT molecular complexity index is 1140. The molecule has 0 fully saturated rings. The normalized spacial score (nSPS) is 12.8. The Hall–Kier alpha value is -3.94. The highest BCUT2D eigenvalue weighted by atomic mass is 19.1. The first-order valence-electron chi connectivity index (χ1n) is 9.61. The lowest BCUT2D eigenvalue weighted by molar-refractivity contribution is 0.0631. The number of imide groups is 1. The average molecular weight is 422 g/mol. The topological polar surface area (TPSA) is 80.1 Å². The minimum atomic E-state index is -0.475. The number of carbonyl (C=O) groups excluding carboxylic acids is 3. The van der Waals surface area contributed by atoms with E-state index in [0.29, 0.717) is 5.76 Å². The predicted octanol–water partition coefficient (Wildman–Crippen LogP) is 3.37. The highest BCUT2D eigenvalue weighted by Gasteiger charge is 2.36. The maximum Gasteiger partial charge on any atom is 0.261 e. The molecule has 0 atom stereocenters. The van der Waals surface area contributed by atoms with Gasteiger partial charge in [0.25, 0.3) is 17.7 Å². The zero-order valence-corrected chi connectivity index (χ0v) is 16.7. The summed E-state index contributed by atoms with van der Waals surface area (Å²) in [6.45, 7) is 0.333. The summed E-state index contributed by atoms with van der Waals surface area (Å²) in [4.78, 5) is 40.5. The zero-order valence-electron chi connectivity index (χ0n) is 16.7. The Kier molecular flexibility index (Phi) is 5.53. The molecule has 2 aromatic carbocycles. The van der Waals surface area contributed by atoms with E-state index in [2.05, 4.69) is 0 Å².